The number of pyridine rings is 2. The number of nitrogens with zero attached hydrogens (tertiary/aromatic N) is 3. The van der Waals surface area contributed by atoms with E-state index in [1.165, 1.54) is 0 Å². The summed E-state index contributed by atoms with van der Waals surface area (Å²) in [5.41, 5.74) is 4.00. The number of likely N-dealkylation sites (N-methyl/N-ethyl adjacent to an activating group) is 1. The van der Waals surface area contributed by atoms with E-state index in [-0.39, 0.29) is 11.9 Å². The number of halogens is 1. The Bertz CT molecular complexity index is 1210. The average Bonchev–Trinajstić information content (AvgIpc) is 2.80. The zero-order valence-electron chi connectivity index (χ0n) is 17.4. The van der Waals surface area contributed by atoms with Crippen LogP contribution in [0.2, 0.25) is 5.02 Å². The quantitative estimate of drug-likeness (QED) is 0.468. The molecule has 1 unspecified atom stereocenters. The number of carbonyl (C=O) groups excluding carboxylic acids is 1. The van der Waals surface area contributed by atoms with Gasteiger partial charge in [-0.1, -0.05) is 48.0 Å². The van der Waals surface area contributed by atoms with Crippen molar-refractivity contribution in [3.63, 3.8) is 0 Å². The van der Waals surface area contributed by atoms with Crippen LogP contribution in [0.25, 0.3) is 22.2 Å². The first-order valence-corrected chi connectivity index (χ1v) is 10.4. The van der Waals surface area contributed by atoms with Crippen molar-refractivity contribution in [2.45, 2.75) is 6.04 Å². The number of rotatable bonds is 6. The topological polar surface area (TPSA) is 58.1 Å². The number of hydrogen-bond acceptors (Lipinski definition) is 4. The lowest BCUT2D eigenvalue weighted by atomic mass is 10.0. The summed E-state index contributed by atoms with van der Waals surface area (Å²) in [6, 6.07) is 21.0. The molecule has 4 aromatic rings. The second-order valence-corrected chi connectivity index (χ2v) is 7.93. The van der Waals surface area contributed by atoms with Crippen molar-refractivity contribution < 1.29 is 4.79 Å². The van der Waals surface area contributed by atoms with Crippen molar-refractivity contribution in [3.8, 4) is 11.3 Å². The summed E-state index contributed by atoms with van der Waals surface area (Å²) in [6.45, 7) is 0.427. The van der Waals surface area contributed by atoms with Crippen LogP contribution in [-0.4, -0.2) is 41.4 Å². The largest absolute Gasteiger partial charge is 0.350 e. The van der Waals surface area contributed by atoms with Crippen LogP contribution in [0.1, 0.15) is 22.0 Å². The zero-order valence-corrected chi connectivity index (χ0v) is 18.2. The Kier molecular flexibility index (Phi) is 6.26. The van der Waals surface area contributed by atoms with Gasteiger partial charge in [0.2, 0.25) is 0 Å². The predicted octanol–water partition coefficient (Wildman–Crippen LogP) is 4.98. The number of para-hydroxylation sites is 1. The van der Waals surface area contributed by atoms with E-state index in [4.69, 9.17) is 16.6 Å². The summed E-state index contributed by atoms with van der Waals surface area (Å²) < 4.78 is 0. The molecule has 0 saturated carbocycles. The zero-order chi connectivity index (χ0) is 21.8. The molecule has 2 aromatic heterocycles. The molecular weight excluding hydrogens is 408 g/mol. The molecule has 6 heteroatoms. The van der Waals surface area contributed by atoms with Crippen LogP contribution in [0.4, 0.5) is 0 Å². The molecule has 0 fully saturated rings. The van der Waals surface area contributed by atoms with Crippen molar-refractivity contribution in [2.75, 3.05) is 20.6 Å². The summed E-state index contributed by atoms with van der Waals surface area (Å²) in [5.74, 6) is -0.146. The number of benzene rings is 2. The summed E-state index contributed by atoms with van der Waals surface area (Å²) in [6.07, 6.45) is 3.44. The SMILES string of the molecule is CN(C)C(CNC(=O)c1cc(-c2ccncc2)nc2ccccc12)c1ccccc1Cl. The second-order valence-electron chi connectivity index (χ2n) is 7.52. The van der Waals surface area contributed by atoms with Crippen molar-refractivity contribution in [2.24, 2.45) is 0 Å². The number of aromatic nitrogens is 2. The predicted molar refractivity (Wildman–Crippen MR) is 125 cm³/mol. The van der Waals surface area contributed by atoms with E-state index in [0.717, 1.165) is 27.7 Å². The summed E-state index contributed by atoms with van der Waals surface area (Å²) in [4.78, 5) is 24.1. The molecule has 0 radical (unpaired) electrons. The van der Waals surface area contributed by atoms with Gasteiger partial charge in [0.1, 0.15) is 0 Å². The molecule has 0 aliphatic heterocycles. The number of amides is 1. The Morgan fingerprint density at radius 2 is 1.74 bits per heavy atom. The Morgan fingerprint density at radius 1 is 1.03 bits per heavy atom. The van der Waals surface area contributed by atoms with Crippen molar-refractivity contribution in [1.29, 1.82) is 0 Å². The Hall–Kier alpha value is -3.28. The van der Waals surface area contributed by atoms with Crippen molar-refractivity contribution >= 4 is 28.4 Å². The summed E-state index contributed by atoms with van der Waals surface area (Å²) in [5, 5.41) is 4.60. The third-order valence-corrected chi connectivity index (χ3v) is 5.62. The van der Waals surface area contributed by atoms with E-state index in [2.05, 4.69) is 15.2 Å². The lowest BCUT2D eigenvalue weighted by Crippen LogP contribution is -2.34. The summed E-state index contributed by atoms with van der Waals surface area (Å²) in [7, 11) is 3.95. The fraction of sp³-hybridized carbons (Fsp3) is 0.160. The Morgan fingerprint density at radius 3 is 2.48 bits per heavy atom. The van der Waals surface area contributed by atoms with E-state index in [0.29, 0.717) is 17.1 Å². The van der Waals surface area contributed by atoms with E-state index < -0.39 is 0 Å². The number of carbonyl (C=O) groups is 1. The highest BCUT2D eigenvalue weighted by molar-refractivity contribution is 6.31. The van der Waals surface area contributed by atoms with Gasteiger partial charge in [-0.15, -0.1) is 0 Å². The van der Waals surface area contributed by atoms with Crippen LogP contribution in [-0.2, 0) is 0 Å². The lowest BCUT2D eigenvalue weighted by molar-refractivity contribution is 0.0943. The van der Waals surface area contributed by atoms with Crippen LogP contribution in [0.5, 0.6) is 0 Å². The van der Waals surface area contributed by atoms with E-state index in [9.17, 15) is 4.79 Å². The molecule has 4 rings (SSSR count). The average molecular weight is 431 g/mol. The third-order valence-electron chi connectivity index (χ3n) is 5.28. The standard InChI is InChI=1S/C25H23ClN4O/c1-30(2)24(19-8-3-5-9-21(19)26)16-28-25(31)20-15-23(17-11-13-27-14-12-17)29-22-10-6-4-7-18(20)22/h3-15,24H,16H2,1-2H3,(H,28,31). The Labute approximate surface area is 186 Å². The second kappa shape index (κ2) is 9.25. The van der Waals surface area contributed by atoms with Gasteiger partial charge in [-0.25, -0.2) is 4.98 Å². The van der Waals surface area contributed by atoms with Gasteiger partial charge in [0.25, 0.3) is 5.91 Å². The molecule has 156 valence electrons. The highest BCUT2D eigenvalue weighted by Gasteiger charge is 2.20. The third kappa shape index (κ3) is 4.58. The summed E-state index contributed by atoms with van der Waals surface area (Å²) >= 11 is 6.41. The van der Waals surface area contributed by atoms with E-state index in [1.807, 2.05) is 80.8 Å². The molecule has 1 N–H and O–H groups in total. The fourth-order valence-electron chi connectivity index (χ4n) is 3.63. The minimum Gasteiger partial charge on any atom is -0.350 e. The van der Waals surface area contributed by atoms with Crippen molar-refractivity contribution in [3.05, 3.63) is 95.3 Å². The maximum absolute atomic E-state index is 13.3. The van der Waals surface area contributed by atoms with Gasteiger partial charge >= 0.3 is 0 Å². The molecule has 1 atom stereocenters. The molecule has 31 heavy (non-hydrogen) atoms. The highest BCUT2D eigenvalue weighted by Crippen LogP contribution is 2.27. The van der Waals surface area contributed by atoms with Gasteiger partial charge in [0, 0.05) is 34.9 Å². The first kappa shape index (κ1) is 21.0. The molecule has 0 bridgehead atoms. The molecule has 0 saturated heterocycles. The monoisotopic (exact) mass is 430 g/mol. The van der Waals surface area contributed by atoms with Crippen LogP contribution in [0, 0.1) is 0 Å². The molecular formula is C25H23ClN4O. The normalized spacial score (nSPS) is 12.1. The van der Waals surface area contributed by atoms with Crippen molar-refractivity contribution in [1.82, 2.24) is 20.2 Å². The van der Waals surface area contributed by atoms with Crippen LogP contribution in [0.15, 0.2) is 79.1 Å². The smallest absolute Gasteiger partial charge is 0.252 e. The van der Waals surface area contributed by atoms with Gasteiger partial charge in [-0.05, 0) is 50.0 Å². The van der Waals surface area contributed by atoms with E-state index >= 15 is 0 Å². The number of fused-ring (bicyclic) bond motifs is 1. The number of nitrogens with one attached hydrogen (secondary N) is 1. The highest BCUT2D eigenvalue weighted by atomic mass is 35.5. The van der Waals surface area contributed by atoms with Crippen LogP contribution in [0.3, 0.4) is 0 Å². The van der Waals surface area contributed by atoms with Crippen LogP contribution >= 0.6 is 11.6 Å². The lowest BCUT2D eigenvalue weighted by Gasteiger charge is -2.26. The first-order valence-electron chi connectivity index (χ1n) is 10.0. The van der Waals surface area contributed by atoms with Crippen LogP contribution < -0.4 is 5.32 Å². The first-order chi connectivity index (χ1) is 15.0. The Balaban J connectivity index is 1.66. The fourth-order valence-corrected chi connectivity index (χ4v) is 3.90. The maximum Gasteiger partial charge on any atom is 0.252 e. The van der Waals surface area contributed by atoms with Gasteiger partial charge in [-0.3, -0.25) is 9.78 Å². The molecule has 0 spiro atoms. The maximum atomic E-state index is 13.3. The molecule has 0 aliphatic rings. The van der Waals surface area contributed by atoms with Gasteiger partial charge in [-0.2, -0.15) is 0 Å². The van der Waals surface area contributed by atoms with E-state index in [1.54, 1.807) is 12.4 Å². The minimum atomic E-state index is -0.146. The molecule has 5 nitrogen and oxygen atoms in total. The molecule has 2 aromatic carbocycles. The molecule has 0 aliphatic carbocycles. The van der Waals surface area contributed by atoms with Gasteiger partial charge in [0.15, 0.2) is 0 Å². The van der Waals surface area contributed by atoms with Gasteiger partial charge in [0.05, 0.1) is 22.8 Å². The minimum absolute atomic E-state index is 0.0505. The number of hydrogen-bond donors (Lipinski definition) is 1. The molecule has 1 amide bonds. The molecule has 2 heterocycles. The van der Waals surface area contributed by atoms with Gasteiger partial charge < -0.3 is 10.2 Å².